The van der Waals surface area contributed by atoms with Gasteiger partial charge in [0.1, 0.15) is 0 Å². The Morgan fingerprint density at radius 3 is 2.70 bits per heavy atom. The Kier molecular flexibility index (Phi) is 4.84. The number of rotatable bonds is 3. The Morgan fingerprint density at radius 2 is 2.30 bits per heavy atom. The summed E-state index contributed by atoms with van der Waals surface area (Å²) in [6.45, 7) is 2.33. The van der Waals surface area contributed by atoms with Gasteiger partial charge >= 0.3 is 5.97 Å². The van der Waals surface area contributed by atoms with Crippen molar-refractivity contribution in [3.05, 3.63) is 0 Å². The highest BCUT2D eigenvalue weighted by Gasteiger charge is 1.97. The molecule has 0 heterocycles. The van der Waals surface area contributed by atoms with Gasteiger partial charge in [-0.25, -0.2) is 0 Å². The lowest BCUT2D eigenvalue weighted by atomic mass is 10.4. The highest BCUT2D eigenvalue weighted by atomic mass is 32.1. The zero-order valence-corrected chi connectivity index (χ0v) is 6.96. The summed E-state index contributed by atoms with van der Waals surface area (Å²) in [6, 6.07) is 0. The van der Waals surface area contributed by atoms with E-state index >= 15 is 0 Å². The van der Waals surface area contributed by atoms with E-state index in [1.54, 1.807) is 6.92 Å². The second-order valence-corrected chi connectivity index (χ2v) is 2.42. The van der Waals surface area contributed by atoms with Crippen LogP contribution in [0.4, 0.5) is 0 Å². The molecule has 0 aromatic heterocycles. The van der Waals surface area contributed by atoms with E-state index in [0.717, 1.165) is 0 Å². The van der Waals surface area contributed by atoms with Crippen LogP contribution in [-0.2, 0) is 9.53 Å². The Hall–Kier alpha value is -0.640. The number of nitrogens with one attached hydrogen (secondary N) is 1. The molecule has 0 bridgehead atoms. The summed E-state index contributed by atoms with van der Waals surface area (Å²) in [5.74, 6) is -0.219. The average molecular weight is 161 g/mol. The van der Waals surface area contributed by atoms with Gasteiger partial charge in [-0.3, -0.25) is 4.79 Å². The van der Waals surface area contributed by atoms with Gasteiger partial charge in [0.25, 0.3) is 0 Å². The summed E-state index contributed by atoms with van der Waals surface area (Å²) >= 11 is 4.72. The monoisotopic (exact) mass is 161 g/mol. The zero-order chi connectivity index (χ0) is 7.98. The van der Waals surface area contributed by atoms with E-state index in [0.29, 0.717) is 18.0 Å². The van der Waals surface area contributed by atoms with Gasteiger partial charge in [0, 0.05) is 6.54 Å². The number of carbonyl (C=O) groups excluding carboxylic acids is 1. The van der Waals surface area contributed by atoms with E-state index in [9.17, 15) is 4.79 Å². The van der Waals surface area contributed by atoms with Gasteiger partial charge in [0.2, 0.25) is 0 Å². The molecule has 0 aromatic rings. The largest absolute Gasteiger partial charge is 0.469 e. The van der Waals surface area contributed by atoms with Crippen LogP contribution in [0.25, 0.3) is 0 Å². The Bertz CT molecular complexity index is 136. The third-order valence-electron chi connectivity index (χ3n) is 0.931. The molecule has 4 heteroatoms. The van der Waals surface area contributed by atoms with E-state index in [1.165, 1.54) is 7.11 Å². The first-order valence-corrected chi connectivity index (χ1v) is 3.39. The van der Waals surface area contributed by atoms with Crippen molar-refractivity contribution in [2.75, 3.05) is 13.7 Å². The maximum atomic E-state index is 10.5. The van der Waals surface area contributed by atoms with E-state index in [4.69, 9.17) is 12.2 Å². The molecule has 0 atom stereocenters. The van der Waals surface area contributed by atoms with Gasteiger partial charge < -0.3 is 10.1 Å². The molecule has 0 amide bonds. The fourth-order valence-electron chi connectivity index (χ4n) is 0.443. The van der Waals surface area contributed by atoms with Crippen molar-refractivity contribution in [2.24, 2.45) is 0 Å². The van der Waals surface area contributed by atoms with Crippen molar-refractivity contribution >= 4 is 23.2 Å². The standard InChI is InChI=1S/C6H11NO2S/c1-5(10)7-4-3-6(8)9-2/h3-4H2,1-2H3,(H,7,10). The summed E-state index contributed by atoms with van der Waals surface area (Å²) in [5.41, 5.74) is 0. The quantitative estimate of drug-likeness (QED) is 0.483. The number of hydrogen-bond donors (Lipinski definition) is 1. The molecule has 0 saturated heterocycles. The van der Waals surface area contributed by atoms with Crippen LogP contribution >= 0.6 is 12.2 Å². The molecule has 3 nitrogen and oxygen atoms in total. The molecule has 0 aliphatic carbocycles. The van der Waals surface area contributed by atoms with Crippen molar-refractivity contribution < 1.29 is 9.53 Å². The molecule has 0 rings (SSSR count). The number of carbonyl (C=O) groups is 1. The van der Waals surface area contributed by atoms with Gasteiger partial charge in [-0.15, -0.1) is 0 Å². The first kappa shape index (κ1) is 9.36. The van der Waals surface area contributed by atoms with Crippen LogP contribution < -0.4 is 5.32 Å². The van der Waals surface area contributed by atoms with Crippen LogP contribution in [0.3, 0.4) is 0 Å². The number of methoxy groups -OCH3 is 1. The molecular weight excluding hydrogens is 150 g/mol. The lowest BCUT2D eigenvalue weighted by Gasteiger charge is -2.00. The molecular formula is C6H11NO2S. The van der Waals surface area contributed by atoms with Crippen molar-refractivity contribution in [1.29, 1.82) is 0 Å². The molecule has 0 aliphatic heterocycles. The predicted molar refractivity (Wildman–Crippen MR) is 42.9 cm³/mol. The van der Waals surface area contributed by atoms with Gasteiger partial charge in [-0.1, -0.05) is 12.2 Å². The molecule has 1 N–H and O–H groups in total. The fourth-order valence-corrected chi connectivity index (χ4v) is 0.545. The molecule has 0 aromatic carbocycles. The molecule has 0 radical (unpaired) electrons. The summed E-state index contributed by atoms with van der Waals surface area (Å²) in [5, 5.41) is 2.84. The molecule has 58 valence electrons. The average Bonchev–Trinajstić information content (AvgIpc) is 1.87. The minimum Gasteiger partial charge on any atom is -0.469 e. The minimum absolute atomic E-state index is 0.219. The molecule has 0 unspecified atom stereocenters. The van der Waals surface area contributed by atoms with Gasteiger partial charge in [0.15, 0.2) is 0 Å². The third kappa shape index (κ3) is 5.50. The van der Waals surface area contributed by atoms with Gasteiger partial charge in [-0.05, 0) is 6.92 Å². The van der Waals surface area contributed by atoms with E-state index in [1.807, 2.05) is 0 Å². The second-order valence-electron chi connectivity index (χ2n) is 1.81. The van der Waals surface area contributed by atoms with Crippen molar-refractivity contribution in [1.82, 2.24) is 5.32 Å². The Labute approximate surface area is 65.7 Å². The SMILES string of the molecule is COC(=O)CCNC(C)=S. The highest BCUT2D eigenvalue weighted by Crippen LogP contribution is 1.80. The van der Waals surface area contributed by atoms with E-state index in [-0.39, 0.29) is 5.97 Å². The summed E-state index contributed by atoms with van der Waals surface area (Å²) < 4.78 is 4.41. The fraction of sp³-hybridized carbons (Fsp3) is 0.667. The summed E-state index contributed by atoms with van der Waals surface area (Å²) in [4.78, 5) is 11.2. The topological polar surface area (TPSA) is 38.3 Å². The Balaban J connectivity index is 3.20. The normalized spacial score (nSPS) is 8.60. The smallest absolute Gasteiger partial charge is 0.307 e. The first-order valence-electron chi connectivity index (χ1n) is 2.98. The molecule has 0 spiro atoms. The van der Waals surface area contributed by atoms with E-state index in [2.05, 4.69) is 10.1 Å². The Morgan fingerprint density at radius 1 is 1.70 bits per heavy atom. The molecule has 10 heavy (non-hydrogen) atoms. The zero-order valence-electron chi connectivity index (χ0n) is 6.14. The van der Waals surface area contributed by atoms with Crippen molar-refractivity contribution in [3.8, 4) is 0 Å². The van der Waals surface area contributed by atoms with Gasteiger partial charge in [-0.2, -0.15) is 0 Å². The van der Waals surface area contributed by atoms with Crippen LogP contribution in [0.15, 0.2) is 0 Å². The number of thiocarbonyl (C=S) groups is 1. The third-order valence-corrected chi connectivity index (χ3v) is 1.08. The van der Waals surface area contributed by atoms with Crippen LogP contribution in [0.2, 0.25) is 0 Å². The van der Waals surface area contributed by atoms with Crippen LogP contribution in [0.1, 0.15) is 13.3 Å². The minimum atomic E-state index is -0.219. The lowest BCUT2D eigenvalue weighted by Crippen LogP contribution is -2.21. The number of hydrogen-bond acceptors (Lipinski definition) is 3. The lowest BCUT2D eigenvalue weighted by molar-refractivity contribution is -0.140. The second kappa shape index (κ2) is 5.17. The summed E-state index contributed by atoms with van der Waals surface area (Å²) in [7, 11) is 1.37. The predicted octanol–water partition coefficient (Wildman–Crippen LogP) is 0.486. The molecule has 0 aliphatic rings. The van der Waals surface area contributed by atoms with Crippen molar-refractivity contribution in [3.63, 3.8) is 0 Å². The van der Waals surface area contributed by atoms with Crippen LogP contribution in [0.5, 0.6) is 0 Å². The summed E-state index contributed by atoms with van der Waals surface area (Å²) in [6.07, 6.45) is 0.366. The van der Waals surface area contributed by atoms with Crippen LogP contribution in [0, 0.1) is 0 Å². The first-order chi connectivity index (χ1) is 4.66. The number of ether oxygens (including phenoxy) is 1. The van der Waals surface area contributed by atoms with E-state index < -0.39 is 0 Å². The van der Waals surface area contributed by atoms with Crippen molar-refractivity contribution in [2.45, 2.75) is 13.3 Å². The maximum absolute atomic E-state index is 10.5. The molecule has 0 saturated carbocycles. The maximum Gasteiger partial charge on any atom is 0.307 e. The van der Waals surface area contributed by atoms with Gasteiger partial charge in [0.05, 0.1) is 18.5 Å². The van der Waals surface area contributed by atoms with Crippen LogP contribution in [-0.4, -0.2) is 24.6 Å². The highest BCUT2D eigenvalue weighted by molar-refractivity contribution is 7.80. The molecule has 0 fully saturated rings. The number of esters is 1.